The molecule has 0 radical (unpaired) electrons. The SMILES string of the molecule is CC1(C)C2=Cc3ccc(-c4ccccc4)cc3C2C(C)(C)C2=C1c1cc(-c3ccccc3)ccc1C2. The van der Waals surface area contributed by atoms with Crippen LogP contribution in [0.2, 0.25) is 0 Å². The Morgan fingerprint density at radius 1 is 0.639 bits per heavy atom. The van der Waals surface area contributed by atoms with E-state index in [2.05, 4.69) is 131 Å². The van der Waals surface area contributed by atoms with Gasteiger partial charge in [-0.1, -0.05) is 130 Å². The maximum atomic E-state index is 2.51. The normalized spacial score (nSPS) is 20.3. The maximum absolute atomic E-state index is 2.51. The van der Waals surface area contributed by atoms with Crippen LogP contribution in [0, 0.1) is 10.8 Å². The molecule has 0 aliphatic heterocycles. The molecule has 1 unspecified atom stereocenters. The van der Waals surface area contributed by atoms with Crippen molar-refractivity contribution in [2.75, 3.05) is 0 Å². The highest BCUT2D eigenvalue weighted by atomic mass is 14.6. The summed E-state index contributed by atoms with van der Waals surface area (Å²) in [5, 5.41) is 0. The Morgan fingerprint density at radius 2 is 1.25 bits per heavy atom. The van der Waals surface area contributed by atoms with E-state index in [-0.39, 0.29) is 10.8 Å². The van der Waals surface area contributed by atoms with Gasteiger partial charge in [0.25, 0.3) is 0 Å². The van der Waals surface area contributed by atoms with Crippen molar-refractivity contribution in [3.63, 3.8) is 0 Å². The number of fused-ring (bicyclic) bond motifs is 5. The molecule has 176 valence electrons. The molecule has 0 bridgehead atoms. The minimum absolute atomic E-state index is 0.0119. The molecule has 4 aromatic rings. The summed E-state index contributed by atoms with van der Waals surface area (Å²) in [6.45, 7) is 9.91. The van der Waals surface area contributed by atoms with Gasteiger partial charge in [-0.3, -0.25) is 0 Å². The van der Waals surface area contributed by atoms with Crippen molar-refractivity contribution in [2.24, 2.45) is 10.8 Å². The van der Waals surface area contributed by atoms with Crippen LogP contribution in [0.4, 0.5) is 0 Å². The lowest BCUT2D eigenvalue weighted by atomic mass is 9.55. The molecule has 0 saturated heterocycles. The molecular formula is C36H32. The van der Waals surface area contributed by atoms with Gasteiger partial charge in [0.15, 0.2) is 0 Å². The molecule has 0 heteroatoms. The van der Waals surface area contributed by atoms with E-state index in [9.17, 15) is 0 Å². The van der Waals surface area contributed by atoms with Crippen molar-refractivity contribution in [2.45, 2.75) is 40.0 Å². The van der Waals surface area contributed by atoms with E-state index in [1.807, 2.05) is 0 Å². The quantitative estimate of drug-likeness (QED) is 0.277. The first-order valence-electron chi connectivity index (χ1n) is 13.2. The van der Waals surface area contributed by atoms with Gasteiger partial charge in [-0.05, 0) is 74.0 Å². The van der Waals surface area contributed by atoms with Crippen molar-refractivity contribution in [3.8, 4) is 22.3 Å². The largest absolute Gasteiger partial charge is 0.0622 e. The van der Waals surface area contributed by atoms with Gasteiger partial charge < -0.3 is 0 Å². The summed E-state index contributed by atoms with van der Waals surface area (Å²) < 4.78 is 0. The molecule has 0 amide bonds. The molecule has 0 N–H and O–H groups in total. The van der Waals surface area contributed by atoms with Gasteiger partial charge in [0.05, 0.1) is 0 Å². The molecule has 7 rings (SSSR count). The molecule has 0 nitrogen and oxygen atoms in total. The van der Waals surface area contributed by atoms with Crippen LogP contribution in [0.15, 0.2) is 108 Å². The minimum Gasteiger partial charge on any atom is -0.0622 e. The second-order valence-electron chi connectivity index (χ2n) is 11.9. The van der Waals surface area contributed by atoms with Crippen LogP contribution in [0.3, 0.4) is 0 Å². The van der Waals surface area contributed by atoms with E-state index in [1.54, 1.807) is 16.7 Å². The fraction of sp³-hybridized carbons (Fsp3) is 0.222. The molecule has 0 saturated carbocycles. The van der Waals surface area contributed by atoms with Crippen LogP contribution in [-0.4, -0.2) is 0 Å². The van der Waals surface area contributed by atoms with Gasteiger partial charge in [-0.25, -0.2) is 0 Å². The Bertz CT molecular complexity index is 1580. The molecule has 3 aliphatic rings. The van der Waals surface area contributed by atoms with E-state index in [4.69, 9.17) is 0 Å². The molecule has 4 aromatic carbocycles. The fourth-order valence-electron chi connectivity index (χ4n) is 7.30. The van der Waals surface area contributed by atoms with Crippen LogP contribution in [-0.2, 0) is 6.42 Å². The van der Waals surface area contributed by atoms with E-state index in [0.717, 1.165) is 6.42 Å². The van der Waals surface area contributed by atoms with Gasteiger partial charge in [0.2, 0.25) is 0 Å². The van der Waals surface area contributed by atoms with Crippen LogP contribution >= 0.6 is 0 Å². The van der Waals surface area contributed by atoms with Crippen molar-refractivity contribution < 1.29 is 0 Å². The monoisotopic (exact) mass is 464 g/mol. The van der Waals surface area contributed by atoms with Gasteiger partial charge in [0, 0.05) is 11.3 Å². The van der Waals surface area contributed by atoms with E-state index < -0.39 is 0 Å². The van der Waals surface area contributed by atoms with Crippen LogP contribution < -0.4 is 0 Å². The lowest BCUT2D eigenvalue weighted by Crippen LogP contribution is -2.36. The molecule has 1 atom stereocenters. The lowest BCUT2D eigenvalue weighted by Gasteiger charge is -2.48. The van der Waals surface area contributed by atoms with Crippen molar-refractivity contribution >= 4 is 11.6 Å². The molecular weight excluding hydrogens is 432 g/mol. The number of hydrogen-bond acceptors (Lipinski definition) is 0. The Kier molecular flexibility index (Phi) is 4.47. The zero-order valence-corrected chi connectivity index (χ0v) is 21.6. The highest BCUT2D eigenvalue weighted by Crippen LogP contribution is 2.67. The predicted octanol–water partition coefficient (Wildman–Crippen LogP) is 9.58. The molecule has 0 heterocycles. The Labute approximate surface area is 215 Å². The third-order valence-electron chi connectivity index (χ3n) is 9.13. The average molecular weight is 465 g/mol. The lowest BCUT2D eigenvalue weighted by molar-refractivity contribution is 0.328. The second-order valence-corrected chi connectivity index (χ2v) is 11.9. The van der Waals surface area contributed by atoms with E-state index in [1.165, 1.54) is 44.5 Å². The molecule has 0 fully saturated rings. The first-order valence-corrected chi connectivity index (χ1v) is 13.2. The minimum atomic E-state index is -0.0119. The van der Waals surface area contributed by atoms with Crippen LogP contribution in [0.25, 0.3) is 33.9 Å². The zero-order chi connectivity index (χ0) is 24.7. The Hall–Kier alpha value is -3.64. The van der Waals surface area contributed by atoms with Crippen molar-refractivity contribution in [1.29, 1.82) is 0 Å². The number of allylic oxidation sites excluding steroid dienone is 3. The zero-order valence-electron chi connectivity index (χ0n) is 21.6. The number of rotatable bonds is 2. The first kappa shape index (κ1) is 21.6. The standard InChI is InChI=1S/C36H32/c1-35(2)31-21-27-17-15-26(24-13-9-6-10-14-24)20-30(27)34(31)36(3,4)32-22-28-18-16-25(19-29(28)33(32)35)23-11-7-5-8-12-23/h5-21,34H,22H2,1-4H3. The first-order chi connectivity index (χ1) is 17.4. The summed E-state index contributed by atoms with van der Waals surface area (Å²) >= 11 is 0. The summed E-state index contributed by atoms with van der Waals surface area (Å²) in [4.78, 5) is 0. The summed E-state index contributed by atoms with van der Waals surface area (Å²) in [6.07, 6.45) is 3.58. The van der Waals surface area contributed by atoms with Crippen molar-refractivity contribution in [1.82, 2.24) is 0 Å². The van der Waals surface area contributed by atoms with Gasteiger partial charge in [0.1, 0.15) is 0 Å². The van der Waals surface area contributed by atoms with Crippen LogP contribution in [0.5, 0.6) is 0 Å². The van der Waals surface area contributed by atoms with Gasteiger partial charge in [-0.2, -0.15) is 0 Å². The molecule has 3 aliphatic carbocycles. The summed E-state index contributed by atoms with van der Waals surface area (Å²) in [5.74, 6) is 0.410. The summed E-state index contributed by atoms with van der Waals surface area (Å²) in [7, 11) is 0. The van der Waals surface area contributed by atoms with Crippen molar-refractivity contribution in [3.05, 3.63) is 130 Å². The van der Waals surface area contributed by atoms with Gasteiger partial charge in [-0.15, -0.1) is 0 Å². The topological polar surface area (TPSA) is 0 Å². The average Bonchev–Trinajstić information content (AvgIpc) is 3.49. The molecule has 0 spiro atoms. The van der Waals surface area contributed by atoms with Gasteiger partial charge >= 0.3 is 0 Å². The third-order valence-corrected chi connectivity index (χ3v) is 9.13. The highest BCUT2D eigenvalue weighted by molar-refractivity contribution is 5.90. The van der Waals surface area contributed by atoms with Crippen LogP contribution in [0.1, 0.15) is 55.9 Å². The number of hydrogen-bond donors (Lipinski definition) is 0. The third kappa shape index (κ3) is 2.94. The second kappa shape index (κ2) is 7.43. The fourth-order valence-corrected chi connectivity index (χ4v) is 7.30. The summed E-state index contributed by atoms with van der Waals surface area (Å²) in [6, 6.07) is 35.9. The number of benzene rings is 4. The van der Waals surface area contributed by atoms with E-state index >= 15 is 0 Å². The summed E-state index contributed by atoms with van der Waals surface area (Å²) in [5.41, 5.74) is 15.9. The maximum Gasteiger partial charge on any atom is 0.0155 e. The predicted molar refractivity (Wildman–Crippen MR) is 153 cm³/mol. The Balaban J connectivity index is 1.38. The highest BCUT2D eigenvalue weighted by Gasteiger charge is 2.53. The smallest absolute Gasteiger partial charge is 0.0155 e. The molecule has 0 aromatic heterocycles. The Morgan fingerprint density at radius 3 is 1.92 bits per heavy atom. The molecule has 36 heavy (non-hydrogen) atoms. The van der Waals surface area contributed by atoms with E-state index in [0.29, 0.717) is 5.92 Å².